The summed E-state index contributed by atoms with van der Waals surface area (Å²) in [5.74, 6) is 0.317. The Morgan fingerprint density at radius 3 is 2.53 bits per heavy atom. The molecule has 85 valence electrons. The number of unbranched alkanes of at least 4 members (excludes halogenated alkanes) is 2. The first-order valence-electron chi connectivity index (χ1n) is 5.93. The quantitative estimate of drug-likeness (QED) is 0.650. The van der Waals surface area contributed by atoms with Crippen LogP contribution in [0.4, 0.5) is 0 Å². The third-order valence-corrected chi connectivity index (χ3v) is 3.01. The third kappa shape index (κ3) is 4.02. The second-order valence-electron chi connectivity index (χ2n) is 4.23. The Balaban J connectivity index is 2.21. The van der Waals surface area contributed by atoms with Crippen molar-refractivity contribution >= 4 is 12.2 Å². The van der Waals surface area contributed by atoms with E-state index < -0.39 is 0 Å². The molecular weight excluding hydrogens is 190 g/mol. The van der Waals surface area contributed by atoms with Crippen molar-refractivity contribution in [1.29, 1.82) is 0 Å². The summed E-state index contributed by atoms with van der Waals surface area (Å²) in [4.78, 5) is 24.0. The summed E-state index contributed by atoms with van der Waals surface area (Å²) in [7, 11) is 0. The van der Waals surface area contributed by atoms with Crippen LogP contribution in [-0.4, -0.2) is 30.2 Å². The Morgan fingerprint density at radius 2 is 2.00 bits per heavy atom. The first kappa shape index (κ1) is 12.2. The van der Waals surface area contributed by atoms with Gasteiger partial charge in [0, 0.05) is 25.4 Å². The van der Waals surface area contributed by atoms with Gasteiger partial charge in [0.05, 0.1) is 0 Å². The number of nitrogens with zero attached hydrogens (tertiary/aromatic N) is 1. The zero-order valence-electron chi connectivity index (χ0n) is 9.50. The van der Waals surface area contributed by atoms with Gasteiger partial charge in [-0.2, -0.15) is 0 Å². The van der Waals surface area contributed by atoms with Gasteiger partial charge in [0.2, 0.25) is 12.2 Å². The number of likely N-dealkylation sites (tertiary alicyclic amines) is 1. The molecule has 0 bridgehead atoms. The molecular formula is C12H20NO2. The standard InChI is InChI=1S/C12H20NO2/c1-2-3-4-5-12(15)13-8-6-11(10-14)7-9-13/h11H,2-9H2,1H3. The molecule has 1 aliphatic rings. The minimum atomic E-state index is 0.0599. The summed E-state index contributed by atoms with van der Waals surface area (Å²) in [5, 5.41) is 0. The fraction of sp³-hybridized carbons (Fsp3) is 0.833. The van der Waals surface area contributed by atoms with Gasteiger partial charge in [0.15, 0.2) is 0 Å². The van der Waals surface area contributed by atoms with Gasteiger partial charge in [-0.1, -0.05) is 19.8 Å². The SMILES string of the molecule is CCCCCC(=O)N1CCC([C]=O)CC1. The van der Waals surface area contributed by atoms with E-state index >= 15 is 0 Å². The van der Waals surface area contributed by atoms with Crippen LogP contribution in [0.3, 0.4) is 0 Å². The van der Waals surface area contributed by atoms with Gasteiger partial charge < -0.3 is 4.90 Å². The Kier molecular flexibility index (Phi) is 5.37. The second-order valence-corrected chi connectivity index (χ2v) is 4.23. The van der Waals surface area contributed by atoms with E-state index in [1.807, 2.05) is 11.2 Å². The smallest absolute Gasteiger partial charge is 0.222 e. The minimum Gasteiger partial charge on any atom is -0.343 e. The molecule has 1 amide bonds. The molecule has 0 aromatic heterocycles. The molecule has 1 heterocycles. The highest BCUT2D eigenvalue weighted by molar-refractivity contribution is 5.76. The van der Waals surface area contributed by atoms with E-state index in [4.69, 9.17) is 0 Å². The molecule has 3 heteroatoms. The maximum absolute atomic E-state index is 11.7. The van der Waals surface area contributed by atoms with Gasteiger partial charge in [-0.25, -0.2) is 0 Å². The van der Waals surface area contributed by atoms with E-state index in [9.17, 15) is 9.59 Å². The molecule has 0 aromatic rings. The van der Waals surface area contributed by atoms with Crippen molar-refractivity contribution in [3.63, 3.8) is 0 Å². The molecule has 0 aromatic carbocycles. The van der Waals surface area contributed by atoms with Crippen LogP contribution in [0.25, 0.3) is 0 Å². The largest absolute Gasteiger partial charge is 0.343 e. The molecule has 0 atom stereocenters. The van der Waals surface area contributed by atoms with Crippen molar-refractivity contribution in [2.24, 2.45) is 5.92 Å². The highest BCUT2D eigenvalue weighted by Gasteiger charge is 2.22. The maximum Gasteiger partial charge on any atom is 0.222 e. The van der Waals surface area contributed by atoms with Crippen molar-refractivity contribution in [3.05, 3.63) is 0 Å². The van der Waals surface area contributed by atoms with Crippen LogP contribution in [0.15, 0.2) is 0 Å². The number of piperidine rings is 1. The molecule has 1 fully saturated rings. The zero-order valence-corrected chi connectivity index (χ0v) is 9.50. The minimum absolute atomic E-state index is 0.0599. The summed E-state index contributed by atoms with van der Waals surface area (Å²) in [5.41, 5.74) is 0. The van der Waals surface area contributed by atoms with Gasteiger partial charge in [0.1, 0.15) is 0 Å². The first-order chi connectivity index (χ1) is 7.27. The van der Waals surface area contributed by atoms with Crippen molar-refractivity contribution < 1.29 is 9.59 Å². The van der Waals surface area contributed by atoms with Crippen molar-refractivity contribution in [2.45, 2.75) is 45.4 Å². The number of amides is 1. The first-order valence-corrected chi connectivity index (χ1v) is 5.93. The van der Waals surface area contributed by atoms with Crippen LogP contribution in [0.2, 0.25) is 0 Å². The van der Waals surface area contributed by atoms with Gasteiger partial charge in [0.25, 0.3) is 0 Å². The molecule has 0 aliphatic carbocycles. The topological polar surface area (TPSA) is 37.4 Å². The fourth-order valence-electron chi connectivity index (χ4n) is 1.93. The number of hydrogen-bond donors (Lipinski definition) is 0. The molecule has 0 N–H and O–H groups in total. The van der Waals surface area contributed by atoms with Crippen LogP contribution in [0, 0.1) is 5.92 Å². The molecule has 15 heavy (non-hydrogen) atoms. The predicted octanol–water partition coefficient (Wildman–Crippen LogP) is 1.92. The summed E-state index contributed by atoms with van der Waals surface area (Å²) in [6.07, 6.45) is 7.56. The van der Waals surface area contributed by atoms with Gasteiger partial charge >= 0.3 is 0 Å². The molecule has 1 aliphatic heterocycles. The lowest BCUT2D eigenvalue weighted by Crippen LogP contribution is -2.38. The molecule has 1 saturated heterocycles. The van der Waals surface area contributed by atoms with Crippen molar-refractivity contribution in [3.8, 4) is 0 Å². The number of carbonyl (C=O) groups excluding carboxylic acids is 2. The highest BCUT2D eigenvalue weighted by Crippen LogP contribution is 2.16. The number of hydrogen-bond acceptors (Lipinski definition) is 2. The van der Waals surface area contributed by atoms with Crippen molar-refractivity contribution in [2.75, 3.05) is 13.1 Å². The summed E-state index contributed by atoms with van der Waals surface area (Å²) < 4.78 is 0. The van der Waals surface area contributed by atoms with Crippen LogP contribution < -0.4 is 0 Å². The molecule has 0 unspecified atom stereocenters. The number of carbonyl (C=O) groups is 1. The Morgan fingerprint density at radius 1 is 1.33 bits per heavy atom. The van der Waals surface area contributed by atoms with E-state index in [1.54, 1.807) is 0 Å². The highest BCUT2D eigenvalue weighted by atomic mass is 16.2. The van der Waals surface area contributed by atoms with E-state index in [0.717, 1.165) is 45.2 Å². The second kappa shape index (κ2) is 6.59. The molecule has 1 radical (unpaired) electrons. The lowest BCUT2D eigenvalue weighted by atomic mass is 9.98. The monoisotopic (exact) mass is 210 g/mol. The van der Waals surface area contributed by atoms with Gasteiger partial charge in [-0.05, 0) is 19.3 Å². The molecule has 0 spiro atoms. The Hall–Kier alpha value is -0.860. The van der Waals surface area contributed by atoms with Crippen LogP contribution in [0.1, 0.15) is 45.4 Å². The lowest BCUT2D eigenvalue weighted by Gasteiger charge is -2.29. The molecule has 3 nitrogen and oxygen atoms in total. The normalized spacial score (nSPS) is 17.8. The summed E-state index contributed by atoms with van der Waals surface area (Å²) in [6.45, 7) is 3.62. The van der Waals surface area contributed by atoms with E-state index in [1.165, 1.54) is 0 Å². The zero-order chi connectivity index (χ0) is 11.1. The van der Waals surface area contributed by atoms with E-state index in [2.05, 4.69) is 6.92 Å². The van der Waals surface area contributed by atoms with Crippen LogP contribution in [-0.2, 0) is 9.59 Å². The van der Waals surface area contributed by atoms with Gasteiger partial charge in [-0.15, -0.1) is 0 Å². The fourth-order valence-corrected chi connectivity index (χ4v) is 1.93. The lowest BCUT2D eigenvalue weighted by molar-refractivity contribution is -0.132. The molecule has 0 saturated carbocycles. The third-order valence-electron chi connectivity index (χ3n) is 3.01. The molecule has 1 rings (SSSR count). The average molecular weight is 210 g/mol. The average Bonchev–Trinajstić information content (AvgIpc) is 2.29. The van der Waals surface area contributed by atoms with Crippen molar-refractivity contribution in [1.82, 2.24) is 4.90 Å². The number of rotatable bonds is 5. The van der Waals surface area contributed by atoms with E-state index in [0.29, 0.717) is 6.42 Å². The maximum atomic E-state index is 11.7. The predicted molar refractivity (Wildman–Crippen MR) is 59.1 cm³/mol. The van der Waals surface area contributed by atoms with Crippen LogP contribution >= 0.6 is 0 Å². The summed E-state index contributed by atoms with van der Waals surface area (Å²) >= 11 is 0. The summed E-state index contributed by atoms with van der Waals surface area (Å²) in [6, 6.07) is 0. The van der Waals surface area contributed by atoms with Crippen LogP contribution in [0.5, 0.6) is 0 Å². The Bertz CT molecular complexity index is 208. The Labute approximate surface area is 91.8 Å². The van der Waals surface area contributed by atoms with E-state index in [-0.39, 0.29) is 11.8 Å². The van der Waals surface area contributed by atoms with Gasteiger partial charge in [-0.3, -0.25) is 9.59 Å².